The summed E-state index contributed by atoms with van der Waals surface area (Å²) in [6.07, 6.45) is 2.07. The van der Waals surface area contributed by atoms with Crippen molar-refractivity contribution in [3.8, 4) is 0 Å². The van der Waals surface area contributed by atoms with E-state index in [9.17, 15) is 4.79 Å². The van der Waals surface area contributed by atoms with E-state index in [1.807, 2.05) is 35.0 Å². The lowest BCUT2D eigenvalue weighted by molar-refractivity contribution is -0.118. The first kappa shape index (κ1) is 11.1. The number of thiophene rings is 1. The quantitative estimate of drug-likeness (QED) is 0.768. The first-order chi connectivity index (χ1) is 7.84. The topological polar surface area (TPSA) is 17.1 Å². The Hall–Kier alpha value is -1.41. The summed E-state index contributed by atoms with van der Waals surface area (Å²) >= 11 is 1.64. The summed E-state index contributed by atoms with van der Waals surface area (Å²) in [5.74, 6) is 0.322. The highest BCUT2D eigenvalue weighted by molar-refractivity contribution is 7.07. The summed E-state index contributed by atoms with van der Waals surface area (Å²) in [4.78, 5) is 11.7. The van der Waals surface area contributed by atoms with Crippen LogP contribution in [0.15, 0.2) is 47.2 Å². The van der Waals surface area contributed by atoms with E-state index in [-0.39, 0.29) is 0 Å². The first-order valence-electron chi connectivity index (χ1n) is 5.41. The average molecular weight is 230 g/mol. The summed E-state index contributed by atoms with van der Waals surface area (Å²) < 4.78 is 0. The minimum atomic E-state index is 0.322. The molecule has 0 aliphatic rings. The number of hydrogen-bond acceptors (Lipinski definition) is 2. The van der Waals surface area contributed by atoms with Gasteiger partial charge in [0.1, 0.15) is 5.78 Å². The van der Waals surface area contributed by atoms with Gasteiger partial charge in [-0.05, 0) is 34.4 Å². The van der Waals surface area contributed by atoms with Crippen LogP contribution in [0.5, 0.6) is 0 Å². The van der Waals surface area contributed by atoms with Crippen molar-refractivity contribution in [1.29, 1.82) is 0 Å². The Morgan fingerprint density at radius 2 is 1.88 bits per heavy atom. The molecule has 2 heteroatoms. The van der Waals surface area contributed by atoms with E-state index in [1.165, 1.54) is 5.56 Å². The predicted octanol–water partition coefficient (Wildman–Crippen LogP) is 3.49. The third kappa shape index (κ3) is 3.31. The molecule has 0 aliphatic heterocycles. The standard InChI is InChI=1S/C14H14OS/c15-14(10-13-8-9-16-11-13)7-6-12-4-2-1-3-5-12/h1-5,8-9,11H,6-7,10H2. The molecule has 2 rings (SSSR count). The molecule has 0 saturated heterocycles. The minimum absolute atomic E-state index is 0.322. The van der Waals surface area contributed by atoms with E-state index >= 15 is 0 Å². The summed E-state index contributed by atoms with van der Waals surface area (Å²) in [5, 5.41) is 4.06. The number of carbonyl (C=O) groups is 1. The van der Waals surface area contributed by atoms with Crippen LogP contribution in [0.25, 0.3) is 0 Å². The number of ketones is 1. The van der Waals surface area contributed by atoms with Crippen LogP contribution >= 0.6 is 11.3 Å². The smallest absolute Gasteiger partial charge is 0.137 e. The lowest BCUT2D eigenvalue weighted by Crippen LogP contribution is -2.03. The van der Waals surface area contributed by atoms with E-state index in [4.69, 9.17) is 0 Å². The zero-order valence-electron chi connectivity index (χ0n) is 9.06. The number of rotatable bonds is 5. The molecule has 82 valence electrons. The Morgan fingerprint density at radius 3 is 2.56 bits per heavy atom. The highest BCUT2D eigenvalue weighted by Gasteiger charge is 2.04. The van der Waals surface area contributed by atoms with E-state index in [2.05, 4.69) is 12.1 Å². The lowest BCUT2D eigenvalue weighted by atomic mass is 10.0. The van der Waals surface area contributed by atoms with Crippen molar-refractivity contribution in [1.82, 2.24) is 0 Å². The number of Topliss-reactive ketones (excluding diaryl/α,β-unsaturated/α-hetero) is 1. The van der Waals surface area contributed by atoms with Crippen LogP contribution in [0.4, 0.5) is 0 Å². The normalized spacial score (nSPS) is 10.2. The minimum Gasteiger partial charge on any atom is -0.299 e. The maximum Gasteiger partial charge on any atom is 0.137 e. The largest absolute Gasteiger partial charge is 0.299 e. The van der Waals surface area contributed by atoms with Gasteiger partial charge in [-0.25, -0.2) is 0 Å². The van der Waals surface area contributed by atoms with Crippen LogP contribution in [0.1, 0.15) is 17.5 Å². The van der Waals surface area contributed by atoms with E-state index < -0.39 is 0 Å². The highest BCUT2D eigenvalue weighted by atomic mass is 32.1. The second-order valence-electron chi connectivity index (χ2n) is 3.83. The molecule has 0 saturated carbocycles. The molecule has 1 nitrogen and oxygen atoms in total. The molecule has 1 heterocycles. The Bertz CT molecular complexity index is 431. The van der Waals surface area contributed by atoms with Gasteiger partial charge in [0.25, 0.3) is 0 Å². The van der Waals surface area contributed by atoms with Crippen LogP contribution < -0.4 is 0 Å². The Morgan fingerprint density at radius 1 is 1.06 bits per heavy atom. The fourth-order valence-corrected chi connectivity index (χ4v) is 2.31. The van der Waals surface area contributed by atoms with Gasteiger partial charge in [-0.2, -0.15) is 11.3 Å². The summed E-state index contributed by atoms with van der Waals surface area (Å²) in [7, 11) is 0. The zero-order chi connectivity index (χ0) is 11.2. The zero-order valence-corrected chi connectivity index (χ0v) is 9.87. The SMILES string of the molecule is O=C(CCc1ccccc1)Cc1ccsc1. The molecule has 0 aliphatic carbocycles. The number of hydrogen-bond donors (Lipinski definition) is 0. The van der Waals surface area contributed by atoms with Crippen molar-refractivity contribution in [3.63, 3.8) is 0 Å². The van der Waals surface area contributed by atoms with Crippen LogP contribution in [0.2, 0.25) is 0 Å². The van der Waals surface area contributed by atoms with Gasteiger partial charge in [0.2, 0.25) is 0 Å². The average Bonchev–Trinajstić information content (AvgIpc) is 2.81. The Kier molecular flexibility index (Phi) is 3.89. The predicted molar refractivity (Wildman–Crippen MR) is 67.8 cm³/mol. The van der Waals surface area contributed by atoms with Crippen molar-refractivity contribution in [2.45, 2.75) is 19.3 Å². The van der Waals surface area contributed by atoms with Crippen molar-refractivity contribution in [2.24, 2.45) is 0 Å². The molecule has 0 N–H and O–H groups in total. The van der Waals surface area contributed by atoms with Crippen LogP contribution in [-0.4, -0.2) is 5.78 Å². The fraction of sp³-hybridized carbons (Fsp3) is 0.214. The van der Waals surface area contributed by atoms with Gasteiger partial charge in [-0.1, -0.05) is 30.3 Å². The van der Waals surface area contributed by atoms with Crippen molar-refractivity contribution in [2.75, 3.05) is 0 Å². The second-order valence-corrected chi connectivity index (χ2v) is 4.61. The van der Waals surface area contributed by atoms with Gasteiger partial charge in [0.15, 0.2) is 0 Å². The van der Waals surface area contributed by atoms with Gasteiger partial charge in [-0.15, -0.1) is 0 Å². The molecule has 2 aromatic rings. The van der Waals surface area contributed by atoms with Crippen LogP contribution in [-0.2, 0) is 17.6 Å². The molecular weight excluding hydrogens is 216 g/mol. The molecule has 1 aromatic carbocycles. The molecule has 1 aromatic heterocycles. The molecule has 0 bridgehead atoms. The van der Waals surface area contributed by atoms with Gasteiger partial charge in [0.05, 0.1) is 0 Å². The van der Waals surface area contributed by atoms with Gasteiger partial charge in [0, 0.05) is 12.8 Å². The lowest BCUT2D eigenvalue weighted by Gasteiger charge is -2.00. The summed E-state index contributed by atoms with van der Waals surface area (Å²) in [6.45, 7) is 0. The highest BCUT2D eigenvalue weighted by Crippen LogP contribution is 2.09. The van der Waals surface area contributed by atoms with Crippen LogP contribution in [0.3, 0.4) is 0 Å². The number of benzene rings is 1. The van der Waals surface area contributed by atoms with Gasteiger partial charge < -0.3 is 0 Å². The molecule has 0 unspecified atom stereocenters. The van der Waals surface area contributed by atoms with Crippen molar-refractivity contribution >= 4 is 17.1 Å². The Labute approximate surface area is 99.8 Å². The van der Waals surface area contributed by atoms with E-state index in [0.29, 0.717) is 18.6 Å². The van der Waals surface area contributed by atoms with E-state index in [0.717, 1.165) is 12.0 Å². The van der Waals surface area contributed by atoms with Gasteiger partial charge in [-0.3, -0.25) is 4.79 Å². The van der Waals surface area contributed by atoms with Crippen LogP contribution in [0, 0.1) is 0 Å². The maximum absolute atomic E-state index is 11.7. The third-order valence-electron chi connectivity index (χ3n) is 2.52. The fourth-order valence-electron chi connectivity index (χ4n) is 1.64. The molecular formula is C14H14OS. The summed E-state index contributed by atoms with van der Waals surface area (Å²) in [6, 6.07) is 12.2. The second kappa shape index (κ2) is 5.61. The first-order valence-corrected chi connectivity index (χ1v) is 6.35. The van der Waals surface area contributed by atoms with E-state index in [1.54, 1.807) is 11.3 Å². The third-order valence-corrected chi connectivity index (χ3v) is 3.25. The van der Waals surface area contributed by atoms with Crippen molar-refractivity contribution < 1.29 is 4.79 Å². The molecule has 0 amide bonds. The maximum atomic E-state index is 11.7. The molecule has 0 atom stereocenters. The number of aryl methyl sites for hydroxylation is 1. The van der Waals surface area contributed by atoms with Gasteiger partial charge >= 0.3 is 0 Å². The summed E-state index contributed by atoms with van der Waals surface area (Å²) in [5.41, 5.74) is 2.38. The molecule has 0 fully saturated rings. The monoisotopic (exact) mass is 230 g/mol. The molecule has 16 heavy (non-hydrogen) atoms. The number of carbonyl (C=O) groups excluding carboxylic acids is 1. The molecule has 0 radical (unpaired) electrons. The van der Waals surface area contributed by atoms with Crippen molar-refractivity contribution in [3.05, 3.63) is 58.3 Å². The Balaban J connectivity index is 1.80. The molecule has 0 spiro atoms.